The molecular weight excluding hydrogens is 230 g/mol. The van der Waals surface area contributed by atoms with Crippen LogP contribution >= 0.6 is 0 Å². The minimum atomic E-state index is -0.108. The van der Waals surface area contributed by atoms with Crippen molar-refractivity contribution < 1.29 is 14.2 Å². The lowest BCUT2D eigenvalue weighted by Gasteiger charge is -2.46. The minimum absolute atomic E-state index is 0.108. The molecule has 0 spiro atoms. The molecule has 4 nitrogen and oxygen atoms in total. The summed E-state index contributed by atoms with van der Waals surface area (Å²) in [5.41, 5.74) is -0.108. The molecule has 18 heavy (non-hydrogen) atoms. The fraction of sp³-hybridized carbons (Fsp3) is 1.00. The third kappa shape index (κ3) is 5.22. The molecule has 0 bridgehead atoms. The summed E-state index contributed by atoms with van der Waals surface area (Å²) in [7, 11) is 1.69. The van der Waals surface area contributed by atoms with Crippen LogP contribution in [0.4, 0.5) is 0 Å². The summed E-state index contributed by atoms with van der Waals surface area (Å²) < 4.78 is 16.9. The second kappa shape index (κ2) is 7.43. The summed E-state index contributed by atoms with van der Waals surface area (Å²) in [6.45, 7) is 10.8. The normalized spacial score (nSPS) is 28.2. The average molecular weight is 259 g/mol. The van der Waals surface area contributed by atoms with Gasteiger partial charge in [-0.25, -0.2) is 0 Å². The van der Waals surface area contributed by atoms with Crippen LogP contribution in [0.2, 0.25) is 0 Å². The number of hydrogen-bond donors (Lipinski definition) is 1. The van der Waals surface area contributed by atoms with E-state index >= 15 is 0 Å². The van der Waals surface area contributed by atoms with E-state index in [4.69, 9.17) is 14.2 Å². The van der Waals surface area contributed by atoms with Gasteiger partial charge in [-0.15, -0.1) is 0 Å². The molecule has 0 aromatic heterocycles. The highest BCUT2D eigenvalue weighted by atomic mass is 16.6. The third-order valence-corrected chi connectivity index (χ3v) is 3.01. The molecule has 0 aromatic carbocycles. The van der Waals surface area contributed by atoms with E-state index < -0.39 is 0 Å². The van der Waals surface area contributed by atoms with Gasteiger partial charge in [0, 0.05) is 13.2 Å². The summed E-state index contributed by atoms with van der Waals surface area (Å²) in [5, 5.41) is 3.52. The maximum Gasteiger partial charge on any atom is 0.0992 e. The molecule has 3 unspecified atom stereocenters. The Labute approximate surface area is 111 Å². The summed E-state index contributed by atoms with van der Waals surface area (Å²) in [6.07, 6.45) is 2.54. The van der Waals surface area contributed by atoms with Crippen molar-refractivity contribution in [1.29, 1.82) is 0 Å². The molecule has 3 atom stereocenters. The SMILES string of the molecule is CCCNC1CC(OC(C)(C)C)C1OCCOC. The first-order valence-electron chi connectivity index (χ1n) is 6.99. The second-order valence-corrected chi connectivity index (χ2v) is 5.89. The van der Waals surface area contributed by atoms with Crippen LogP contribution in [0.15, 0.2) is 0 Å². The van der Waals surface area contributed by atoms with Crippen LogP contribution in [-0.4, -0.2) is 50.7 Å². The zero-order valence-corrected chi connectivity index (χ0v) is 12.5. The maximum atomic E-state index is 6.02. The Morgan fingerprint density at radius 1 is 1.22 bits per heavy atom. The highest BCUT2D eigenvalue weighted by Crippen LogP contribution is 2.30. The number of ether oxygens (including phenoxy) is 3. The zero-order valence-electron chi connectivity index (χ0n) is 12.5. The van der Waals surface area contributed by atoms with E-state index in [9.17, 15) is 0 Å². The van der Waals surface area contributed by atoms with E-state index in [0.717, 1.165) is 19.4 Å². The van der Waals surface area contributed by atoms with Crippen LogP contribution in [0, 0.1) is 0 Å². The molecular formula is C14H29NO3. The van der Waals surface area contributed by atoms with Gasteiger partial charge in [-0.05, 0) is 40.2 Å². The van der Waals surface area contributed by atoms with Gasteiger partial charge >= 0.3 is 0 Å². The van der Waals surface area contributed by atoms with Gasteiger partial charge in [0.25, 0.3) is 0 Å². The van der Waals surface area contributed by atoms with Gasteiger partial charge in [0.05, 0.1) is 31.0 Å². The Balaban J connectivity index is 2.38. The summed E-state index contributed by atoms with van der Waals surface area (Å²) in [4.78, 5) is 0. The molecule has 4 heteroatoms. The smallest absolute Gasteiger partial charge is 0.0992 e. The summed E-state index contributed by atoms with van der Waals surface area (Å²) >= 11 is 0. The van der Waals surface area contributed by atoms with Gasteiger partial charge in [0.15, 0.2) is 0 Å². The standard InChI is InChI=1S/C14H29NO3/c1-6-7-15-11-10-12(18-14(2,3)4)13(11)17-9-8-16-5/h11-13,15H,6-10H2,1-5H3. The Hall–Kier alpha value is -0.160. The summed E-state index contributed by atoms with van der Waals surface area (Å²) in [5.74, 6) is 0. The van der Waals surface area contributed by atoms with Crippen molar-refractivity contribution in [1.82, 2.24) is 5.32 Å². The monoisotopic (exact) mass is 259 g/mol. The van der Waals surface area contributed by atoms with Crippen molar-refractivity contribution in [2.24, 2.45) is 0 Å². The first-order chi connectivity index (χ1) is 8.48. The number of hydrogen-bond acceptors (Lipinski definition) is 4. The van der Waals surface area contributed by atoms with Gasteiger partial charge in [0.2, 0.25) is 0 Å². The van der Waals surface area contributed by atoms with Crippen LogP contribution < -0.4 is 5.32 Å². The molecule has 1 saturated carbocycles. The largest absolute Gasteiger partial charge is 0.382 e. The molecule has 0 radical (unpaired) electrons. The van der Waals surface area contributed by atoms with E-state index in [0.29, 0.717) is 19.3 Å². The van der Waals surface area contributed by atoms with Crippen molar-refractivity contribution in [2.75, 3.05) is 26.9 Å². The molecule has 0 aromatic rings. The Morgan fingerprint density at radius 2 is 1.94 bits per heavy atom. The Morgan fingerprint density at radius 3 is 2.50 bits per heavy atom. The van der Waals surface area contributed by atoms with E-state index in [1.807, 2.05) is 0 Å². The minimum Gasteiger partial charge on any atom is -0.382 e. The molecule has 0 amide bonds. The van der Waals surface area contributed by atoms with E-state index in [-0.39, 0.29) is 17.8 Å². The van der Waals surface area contributed by atoms with E-state index in [1.54, 1.807) is 7.11 Å². The Bertz CT molecular complexity index is 228. The first-order valence-corrected chi connectivity index (χ1v) is 6.99. The molecule has 1 aliphatic rings. The van der Waals surface area contributed by atoms with Gasteiger partial charge < -0.3 is 19.5 Å². The topological polar surface area (TPSA) is 39.7 Å². The highest BCUT2D eigenvalue weighted by molar-refractivity contribution is 4.98. The van der Waals surface area contributed by atoms with Crippen LogP contribution in [0.5, 0.6) is 0 Å². The zero-order chi connectivity index (χ0) is 13.6. The highest BCUT2D eigenvalue weighted by Gasteiger charge is 2.44. The first kappa shape index (κ1) is 15.9. The lowest BCUT2D eigenvalue weighted by atomic mass is 9.84. The van der Waals surface area contributed by atoms with Crippen molar-refractivity contribution >= 4 is 0 Å². The van der Waals surface area contributed by atoms with Crippen molar-refractivity contribution in [3.05, 3.63) is 0 Å². The molecule has 1 N–H and O–H groups in total. The maximum absolute atomic E-state index is 6.02. The van der Waals surface area contributed by atoms with Gasteiger partial charge in [-0.3, -0.25) is 0 Å². The average Bonchev–Trinajstić information content (AvgIpc) is 2.27. The second-order valence-electron chi connectivity index (χ2n) is 5.89. The molecule has 1 fully saturated rings. The van der Waals surface area contributed by atoms with Crippen LogP contribution in [0.25, 0.3) is 0 Å². The van der Waals surface area contributed by atoms with Gasteiger partial charge in [0.1, 0.15) is 0 Å². The van der Waals surface area contributed by atoms with Crippen LogP contribution in [-0.2, 0) is 14.2 Å². The van der Waals surface area contributed by atoms with E-state index in [2.05, 4.69) is 33.0 Å². The van der Waals surface area contributed by atoms with Crippen molar-refractivity contribution in [2.45, 2.75) is 64.4 Å². The molecule has 0 saturated heterocycles. The lowest BCUT2D eigenvalue weighted by molar-refractivity contribution is -0.189. The van der Waals surface area contributed by atoms with E-state index in [1.165, 1.54) is 0 Å². The number of nitrogens with one attached hydrogen (secondary N) is 1. The van der Waals surface area contributed by atoms with Crippen molar-refractivity contribution in [3.63, 3.8) is 0 Å². The van der Waals surface area contributed by atoms with Crippen LogP contribution in [0.1, 0.15) is 40.5 Å². The summed E-state index contributed by atoms with van der Waals surface area (Å²) in [6, 6.07) is 0.425. The van der Waals surface area contributed by atoms with Gasteiger partial charge in [-0.2, -0.15) is 0 Å². The molecule has 1 aliphatic carbocycles. The predicted octanol–water partition coefficient (Wildman–Crippen LogP) is 1.97. The lowest BCUT2D eigenvalue weighted by Crippen LogP contribution is -2.61. The molecule has 1 rings (SSSR count). The number of rotatable bonds is 8. The Kier molecular flexibility index (Phi) is 6.57. The quantitative estimate of drug-likeness (QED) is 0.677. The molecule has 0 heterocycles. The fourth-order valence-electron chi connectivity index (χ4n) is 2.17. The predicted molar refractivity (Wildman–Crippen MR) is 72.9 cm³/mol. The third-order valence-electron chi connectivity index (χ3n) is 3.01. The van der Waals surface area contributed by atoms with Gasteiger partial charge in [-0.1, -0.05) is 6.92 Å². The van der Waals surface area contributed by atoms with Crippen LogP contribution in [0.3, 0.4) is 0 Å². The number of methoxy groups -OCH3 is 1. The molecule has 108 valence electrons. The molecule has 0 aliphatic heterocycles. The van der Waals surface area contributed by atoms with Crippen molar-refractivity contribution in [3.8, 4) is 0 Å². The fourth-order valence-corrected chi connectivity index (χ4v) is 2.17.